The Labute approximate surface area is 118 Å². The fourth-order valence-electron chi connectivity index (χ4n) is 1.37. The van der Waals surface area contributed by atoms with Crippen molar-refractivity contribution in [3.63, 3.8) is 0 Å². The second kappa shape index (κ2) is 6.02. The van der Waals surface area contributed by atoms with E-state index in [0.29, 0.717) is 0 Å². The minimum atomic E-state index is -4.50. The van der Waals surface area contributed by atoms with Crippen molar-refractivity contribution < 1.29 is 26.0 Å². The van der Waals surface area contributed by atoms with Crippen LogP contribution in [0.25, 0.3) is 0 Å². The molecule has 3 N–H and O–H groups in total. The van der Waals surface area contributed by atoms with E-state index in [0.717, 1.165) is 18.2 Å². The van der Waals surface area contributed by atoms with E-state index in [1.807, 2.05) is 0 Å². The Morgan fingerprint density at radius 1 is 1.35 bits per heavy atom. The molecule has 0 saturated carbocycles. The number of halogens is 4. The first-order valence-corrected chi connectivity index (χ1v) is 7.08. The second-order valence-electron chi connectivity index (χ2n) is 3.74. The summed E-state index contributed by atoms with van der Waals surface area (Å²) >= 11 is 4.54. The molecule has 1 aromatic carbocycles. The molecule has 0 radical (unpaired) electrons. The van der Waals surface area contributed by atoms with E-state index in [-0.39, 0.29) is 0 Å². The highest BCUT2D eigenvalue weighted by atomic mass is 32.2. The van der Waals surface area contributed by atoms with Crippen molar-refractivity contribution in [3.8, 4) is 0 Å². The van der Waals surface area contributed by atoms with Crippen LogP contribution in [-0.4, -0.2) is 26.1 Å². The average molecular weight is 330 g/mol. The summed E-state index contributed by atoms with van der Waals surface area (Å²) in [5, 5.41) is 0. The topological polar surface area (TPSA) is 72.2 Å². The van der Waals surface area contributed by atoms with E-state index >= 15 is 0 Å². The van der Waals surface area contributed by atoms with Gasteiger partial charge in [-0.1, -0.05) is 18.3 Å². The summed E-state index contributed by atoms with van der Waals surface area (Å²) < 4.78 is 74.8. The van der Waals surface area contributed by atoms with Crippen molar-refractivity contribution in [2.75, 3.05) is 6.54 Å². The highest BCUT2D eigenvalue weighted by Gasteiger charge is 2.28. The van der Waals surface area contributed by atoms with Crippen LogP contribution in [0.5, 0.6) is 0 Å². The molecule has 0 spiro atoms. The van der Waals surface area contributed by atoms with Gasteiger partial charge in [0.2, 0.25) is 10.0 Å². The molecule has 4 nitrogen and oxygen atoms in total. The number of benzene rings is 1. The van der Waals surface area contributed by atoms with Crippen LogP contribution >= 0.6 is 12.2 Å². The van der Waals surface area contributed by atoms with Crippen molar-refractivity contribution in [2.45, 2.75) is 17.5 Å². The van der Waals surface area contributed by atoms with Crippen LogP contribution < -0.4 is 10.5 Å². The molecule has 0 aliphatic heterocycles. The molecule has 20 heavy (non-hydrogen) atoms. The van der Waals surface area contributed by atoms with Gasteiger partial charge in [0.1, 0.15) is 10.8 Å². The Morgan fingerprint density at radius 3 is 2.45 bits per heavy atom. The van der Waals surface area contributed by atoms with E-state index in [1.54, 1.807) is 4.72 Å². The summed E-state index contributed by atoms with van der Waals surface area (Å²) in [6, 6.07) is 3.05. The second-order valence-corrected chi connectivity index (χ2v) is 5.92. The maximum absolute atomic E-state index is 13.5. The lowest BCUT2D eigenvalue weighted by molar-refractivity contribution is -0.132. The van der Waals surface area contributed by atoms with Gasteiger partial charge in [0.15, 0.2) is 0 Å². The average Bonchev–Trinajstić information content (AvgIpc) is 2.25. The molecule has 0 heterocycles. The molecule has 0 amide bonds. The minimum absolute atomic E-state index is 0.501. The molecule has 0 bridgehead atoms. The van der Waals surface area contributed by atoms with Gasteiger partial charge in [0, 0.05) is 6.54 Å². The van der Waals surface area contributed by atoms with Gasteiger partial charge in [-0.25, -0.2) is 17.5 Å². The lowest BCUT2D eigenvalue weighted by Gasteiger charge is -2.12. The van der Waals surface area contributed by atoms with Crippen molar-refractivity contribution in [1.29, 1.82) is 0 Å². The molecule has 0 aromatic heterocycles. The summed E-state index contributed by atoms with van der Waals surface area (Å²) in [5.74, 6) is -0.962. The number of sulfonamides is 1. The number of nitrogens with one attached hydrogen (secondary N) is 1. The fourth-order valence-corrected chi connectivity index (χ4v) is 2.90. The monoisotopic (exact) mass is 330 g/mol. The highest BCUT2D eigenvalue weighted by Crippen LogP contribution is 2.21. The van der Waals surface area contributed by atoms with Crippen molar-refractivity contribution in [3.05, 3.63) is 29.6 Å². The van der Waals surface area contributed by atoms with Gasteiger partial charge < -0.3 is 5.73 Å². The molecule has 0 aliphatic carbocycles. The zero-order valence-corrected chi connectivity index (χ0v) is 11.5. The van der Waals surface area contributed by atoms with Gasteiger partial charge in [-0.3, -0.25) is 0 Å². The highest BCUT2D eigenvalue weighted by molar-refractivity contribution is 7.89. The van der Waals surface area contributed by atoms with Crippen molar-refractivity contribution in [2.24, 2.45) is 5.73 Å². The maximum Gasteiger partial charge on any atom is 0.390 e. The largest absolute Gasteiger partial charge is 0.390 e. The van der Waals surface area contributed by atoms with E-state index in [1.165, 1.54) is 0 Å². The Hall–Kier alpha value is -1.26. The van der Waals surface area contributed by atoms with Crippen molar-refractivity contribution >= 4 is 27.2 Å². The molecule has 0 aliphatic rings. The van der Waals surface area contributed by atoms with Gasteiger partial charge in [-0.2, -0.15) is 13.2 Å². The fraction of sp³-hybridized carbons (Fsp3) is 0.300. The number of nitrogens with two attached hydrogens (primary N) is 1. The predicted octanol–water partition coefficient (Wildman–Crippen LogP) is 1.69. The molecule has 0 atom stereocenters. The number of hydrogen-bond donors (Lipinski definition) is 2. The quantitative estimate of drug-likeness (QED) is 0.637. The maximum atomic E-state index is 13.5. The third-order valence-corrected chi connectivity index (χ3v) is 3.92. The summed E-state index contributed by atoms with van der Waals surface area (Å²) in [7, 11) is -4.34. The zero-order valence-electron chi connectivity index (χ0n) is 9.87. The van der Waals surface area contributed by atoms with Gasteiger partial charge in [0.25, 0.3) is 0 Å². The smallest absolute Gasteiger partial charge is 0.389 e. The summed E-state index contributed by atoms with van der Waals surface area (Å²) in [6.45, 7) is -0.862. The summed E-state index contributed by atoms with van der Waals surface area (Å²) in [6.07, 6.45) is -5.85. The Bertz CT molecular complexity index is 614. The SMILES string of the molecule is NC(=S)c1c(F)cccc1S(=O)(=O)NCCC(F)(F)F. The lowest BCUT2D eigenvalue weighted by Crippen LogP contribution is -2.30. The third-order valence-electron chi connectivity index (χ3n) is 2.21. The Kier molecular flexibility index (Phi) is 5.05. The number of hydrogen-bond acceptors (Lipinski definition) is 3. The van der Waals surface area contributed by atoms with Gasteiger partial charge in [0.05, 0.1) is 16.9 Å². The minimum Gasteiger partial charge on any atom is -0.389 e. The first-order chi connectivity index (χ1) is 9.04. The Morgan fingerprint density at radius 2 is 1.95 bits per heavy atom. The van der Waals surface area contributed by atoms with Crippen LogP contribution in [0.4, 0.5) is 17.6 Å². The van der Waals surface area contributed by atoms with Crippen LogP contribution in [0.1, 0.15) is 12.0 Å². The first-order valence-electron chi connectivity index (χ1n) is 5.19. The lowest BCUT2D eigenvalue weighted by atomic mass is 10.2. The number of rotatable bonds is 5. The molecule has 1 rings (SSSR count). The number of thiocarbonyl (C=S) groups is 1. The van der Waals surface area contributed by atoms with E-state index < -0.39 is 50.4 Å². The van der Waals surface area contributed by atoms with Crippen LogP contribution in [0, 0.1) is 5.82 Å². The van der Waals surface area contributed by atoms with Crippen LogP contribution in [0.15, 0.2) is 23.1 Å². The summed E-state index contributed by atoms with van der Waals surface area (Å²) in [5.41, 5.74) is 4.70. The van der Waals surface area contributed by atoms with Gasteiger partial charge >= 0.3 is 6.18 Å². The molecular formula is C10H10F4N2O2S2. The Balaban J connectivity index is 3.05. The molecule has 1 aromatic rings. The van der Waals surface area contributed by atoms with Crippen LogP contribution in [-0.2, 0) is 10.0 Å². The van der Waals surface area contributed by atoms with Crippen molar-refractivity contribution in [1.82, 2.24) is 4.72 Å². The normalized spacial score (nSPS) is 12.4. The third kappa shape index (κ3) is 4.39. The van der Waals surface area contributed by atoms with Crippen LogP contribution in [0.2, 0.25) is 0 Å². The molecule has 0 unspecified atom stereocenters. The number of alkyl halides is 3. The van der Waals surface area contributed by atoms with E-state index in [2.05, 4.69) is 12.2 Å². The van der Waals surface area contributed by atoms with E-state index in [4.69, 9.17) is 5.73 Å². The summed E-state index contributed by atoms with van der Waals surface area (Å²) in [4.78, 5) is -1.09. The van der Waals surface area contributed by atoms with Gasteiger partial charge in [-0.05, 0) is 12.1 Å². The molecular weight excluding hydrogens is 320 g/mol. The first kappa shape index (κ1) is 16.8. The van der Waals surface area contributed by atoms with Crippen LogP contribution in [0.3, 0.4) is 0 Å². The van der Waals surface area contributed by atoms with E-state index in [9.17, 15) is 26.0 Å². The van der Waals surface area contributed by atoms with Gasteiger partial charge in [-0.15, -0.1) is 0 Å². The molecule has 0 fully saturated rings. The molecule has 112 valence electrons. The predicted molar refractivity (Wildman–Crippen MR) is 68.1 cm³/mol. The molecule has 0 saturated heterocycles. The molecule has 10 heteroatoms. The standard InChI is InChI=1S/C10H10F4N2O2S2/c11-6-2-1-3-7(8(6)9(15)19)20(17,18)16-5-4-10(12,13)14/h1-3,16H,4-5H2,(H2,15,19). The zero-order chi connectivity index (χ0) is 15.6.